The number of hydrogen-bond donors (Lipinski definition) is 1. The van der Waals surface area contributed by atoms with Gasteiger partial charge in [-0.05, 0) is 55.0 Å². The first-order valence-electron chi connectivity index (χ1n) is 6.93. The molecule has 1 atom stereocenters. The minimum Gasteiger partial charge on any atom is -0.497 e. The van der Waals surface area contributed by atoms with Gasteiger partial charge in [-0.1, -0.05) is 6.07 Å². The molecule has 1 N–H and O–H groups in total. The Morgan fingerprint density at radius 3 is 2.95 bits per heavy atom. The smallest absolute Gasteiger partial charge is 0.125 e. The molecular formula is C16H20O3. The lowest BCUT2D eigenvalue weighted by Gasteiger charge is -2.36. The number of aliphatic hydroxyl groups is 1. The Kier molecular flexibility index (Phi) is 3.23. The SMILES string of the molecule is COc1ccc2c(c1)CC(O)(C1=CCCCO1)CC2. The first-order valence-corrected chi connectivity index (χ1v) is 6.93. The molecule has 0 saturated heterocycles. The zero-order chi connectivity index (χ0) is 13.3. The van der Waals surface area contributed by atoms with Gasteiger partial charge in [-0.15, -0.1) is 0 Å². The molecule has 19 heavy (non-hydrogen) atoms. The predicted molar refractivity (Wildman–Crippen MR) is 73.2 cm³/mol. The standard InChI is InChI=1S/C16H20O3/c1-18-14-6-5-12-7-8-16(17,11-13(12)10-14)15-4-2-3-9-19-15/h4-6,10,17H,2-3,7-9,11H2,1H3. The molecule has 0 fully saturated rings. The van der Waals surface area contributed by atoms with Crippen molar-refractivity contribution in [1.29, 1.82) is 0 Å². The molecule has 1 heterocycles. The van der Waals surface area contributed by atoms with Crippen molar-refractivity contribution in [2.24, 2.45) is 0 Å². The summed E-state index contributed by atoms with van der Waals surface area (Å²) in [6, 6.07) is 6.12. The molecule has 0 bridgehead atoms. The fourth-order valence-electron chi connectivity index (χ4n) is 2.97. The average Bonchev–Trinajstić information content (AvgIpc) is 2.47. The largest absolute Gasteiger partial charge is 0.497 e. The number of allylic oxidation sites excluding steroid dienone is 1. The summed E-state index contributed by atoms with van der Waals surface area (Å²) in [5.74, 6) is 1.62. The second-order valence-electron chi connectivity index (χ2n) is 5.40. The monoisotopic (exact) mass is 260 g/mol. The van der Waals surface area contributed by atoms with Gasteiger partial charge >= 0.3 is 0 Å². The average molecular weight is 260 g/mol. The van der Waals surface area contributed by atoms with Crippen LogP contribution in [0.15, 0.2) is 30.0 Å². The fourth-order valence-corrected chi connectivity index (χ4v) is 2.97. The van der Waals surface area contributed by atoms with E-state index < -0.39 is 5.60 Å². The Hall–Kier alpha value is -1.48. The van der Waals surface area contributed by atoms with Crippen molar-refractivity contribution in [3.63, 3.8) is 0 Å². The van der Waals surface area contributed by atoms with Crippen molar-refractivity contribution < 1.29 is 14.6 Å². The normalized spacial score (nSPS) is 26.1. The summed E-state index contributed by atoms with van der Waals surface area (Å²) in [6.07, 6.45) is 6.33. The Bertz CT molecular complexity index is 507. The third-order valence-electron chi connectivity index (χ3n) is 4.10. The van der Waals surface area contributed by atoms with E-state index in [4.69, 9.17) is 9.47 Å². The van der Waals surface area contributed by atoms with Gasteiger partial charge in [-0.3, -0.25) is 0 Å². The maximum Gasteiger partial charge on any atom is 0.125 e. The van der Waals surface area contributed by atoms with Crippen LogP contribution in [0.4, 0.5) is 0 Å². The summed E-state index contributed by atoms with van der Waals surface area (Å²) in [4.78, 5) is 0. The molecule has 1 aliphatic heterocycles. The highest BCUT2D eigenvalue weighted by atomic mass is 16.5. The maximum atomic E-state index is 10.9. The van der Waals surface area contributed by atoms with Crippen LogP contribution in [-0.4, -0.2) is 24.4 Å². The van der Waals surface area contributed by atoms with Crippen LogP contribution in [0.5, 0.6) is 5.75 Å². The summed E-state index contributed by atoms with van der Waals surface area (Å²) >= 11 is 0. The molecule has 3 nitrogen and oxygen atoms in total. The van der Waals surface area contributed by atoms with Gasteiger partial charge in [0.25, 0.3) is 0 Å². The van der Waals surface area contributed by atoms with Crippen LogP contribution < -0.4 is 4.74 Å². The molecule has 0 saturated carbocycles. The van der Waals surface area contributed by atoms with Gasteiger partial charge in [-0.25, -0.2) is 0 Å². The zero-order valence-corrected chi connectivity index (χ0v) is 11.3. The van der Waals surface area contributed by atoms with Gasteiger partial charge in [0.15, 0.2) is 0 Å². The first kappa shape index (κ1) is 12.5. The topological polar surface area (TPSA) is 38.7 Å². The minimum absolute atomic E-state index is 0.616. The third-order valence-corrected chi connectivity index (χ3v) is 4.10. The summed E-state index contributed by atoms with van der Waals surface area (Å²) in [6.45, 7) is 0.721. The molecule has 3 rings (SSSR count). The van der Waals surface area contributed by atoms with E-state index in [-0.39, 0.29) is 0 Å². The number of aryl methyl sites for hydroxylation is 1. The summed E-state index contributed by atoms with van der Waals surface area (Å²) < 4.78 is 10.9. The van der Waals surface area contributed by atoms with E-state index in [0.29, 0.717) is 6.42 Å². The molecular weight excluding hydrogens is 240 g/mol. The highest BCUT2D eigenvalue weighted by Crippen LogP contribution is 2.37. The first-order chi connectivity index (χ1) is 9.21. The van der Waals surface area contributed by atoms with Crippen molar-refractivity contribution in [2.45, 2.75) is 37.7 Å². The highest BCUT2D eigenvalue weighted by Gasteiger charge is 2.37. The Morgan fingerprint density at radius 2 is 2.21 bits per heavy atom. The van der Waals surface area contributed by atoms with Crippen LogP contribution in [0.2, 0.25) is 0 Å². The van der Waals surface area contributed by atoms with Crippen LogP contribution in [0.1, 0.15) is 30.4 Å². The molecule has 102 valence electrons. The van der Waals surface area contributed by atoms with Crippen LogP contribution in [-0.2, 0) is 17.6 Å². The Labute approximate surface area is 113 Å². The van der Waals surface area contributed by atoms with E-state index in [2.05, 4.69) is 12.1 Å². The molecule has 1 aromatic carbocycles. The van der Waals surface area contributed by atoms with E-state index >= 15 is 0 Å². The second-order valence-corrected chi connectivity index (χ2v) is 5.40. The van der Waals surface area contributed by atoms with E-state index in [1.807, 2.05) is 12.1 Å². The summed E-state index contributed by atoms with van der Waals surface area (Å²) in [5, 5.41) is 10.9. The molecule has 0 spiro atoms. The molecule has 0 aromatic heterocycles. The predicted octanol–water partition coefficient (Wildman–Crippen LogP) is 2.61. The van der Waals surface area contributed by atoms with Crippen molar-refractivity contribution >= 4 is 0 Å². The van der Waals surface area contributed by atoms with Crippen molar-refractivity contribution in [1.82, 2.24) is 0 Å². The number of methoxy groups -OCH3 is 1. The highest BCUT2D eigenvalue weighted by molar-refractivity contribution is 5.40. The van der Waals surface area contributed by atoms with Gasteiger partial charge in [0.05, 0.1) is 13.7 Å². The number of rotatable bonds is 2. The molecule has 1 unspecified atom stereocenters. The second kappa shape index (κ2) is 4.89. The van der Waals surface area contributed by atoms with Gasteiger partial charge < -0.3 is 14.6 Å². The lowest BCUT2D eigenvalue weighted by atomic mass is 9.78. The quantitative estimate of drug-likeness (QED) is 0.888. The molecule has 0 amide bonds. The van der Waals surface area contributed by atoms with Gasteiger partial charge in [0.2, 0.25) is 0 Å². The van der Waals surface area contributed by atoms with Gasteiger partial charge in [0, 0.05) is 6.42 Å². The summed E-state index contributed by atoms with van der Waals surface area (Å²) in [5.41, 5.74) is 1.64. The molecule has 3 heteroatoms. The molecule has 2 aliphatic rings. The van der Waals surface area contributed by atoms with Crippen LogP contribution in [0, 0.1) is 0 Å². The minimum atomic E-state index is -0.834. The fraction of sp³-hybridized carbons (Fsp3) is 0.500. The van der Waals surface area contributed by atoms with Crippen LogP contribution in [0.3, 0.4) is 0 Å². The summed E-state index contributed by atoms with van der Waals surface area (Å²) in [7, 11) is 1.67. The van der Waals surface area contributed by atoms with Crippen molar-refractivity contribution in [3.8, 4) is 5.75 Å². The number of ether oxygens (including phenoxy) is 2. The zero-order valence-electron chi connectivity index (χ0n) is 11.3. The Morgan fingerprint density at radius 1 is 1.32 bits per heavy atom. The van der Waals surface area contributed by atoms with Crippen LogP contribution >= 0.6 is 0 Å². The van der Waals surface area contributed by atoms with E-state index in [0.717, 1.165) is 43.8 Å². The number of benzene rings is 1. The Balaban J connectivity index is 1.89. The van der Waals surface area contributed by atoms with Crippen molar-refractivity contribution in [2.75, 3.05) is 13.7 Å². The van der Waals surface area contributed by atoms with Crippen molar-refractivity contribution in [3.05, 3.63) is 41.2 Å². The lowest BCUT2D eigenvalue weighted by Crippen LogP contribution is -2.39. The molecule has 0 radical (unpaired) electrons. The third kappa shape index (κ3) is 2.35. The van der Waals surface area contributed by atoms with E-state index in [1.165, 1.54) is 11.1 Å². The maximum absolute atomic E-state index is 10.9. The molecule has 1 aliphatic carbocycles. The van der Waals surface area contributed by atoms with Gasteiger partial charge in [0.1, 0.15) is 17.1 Å². The van der Waals surface area contributed by atoms with E-state index in [9.17, 15) is 5.11 Å². The molecule has 1 aromatic rings. The number of fused-ring (bicyclic) bond motifs is 1. The lowest BCUT2D eigenvalue weighted by molar-refractivity contribution is -0.00574. The number of hydrogen-bond acceptors (Lipinski definition) is 3. The van der Waals surface area contributed by atoms with E-state index in [1.54, 1.807) is 7.11 Å². The van der Waals surface area contributed by atoms with Crippen LogP contribution in [0.25, 0.3) is 0 Å². The van der Waals surface area contributed by atoms with Gasteiger partial charge in [-0.2, -0.15) is 0 Å².